The third-order valence-corrected chi connectivity index (χ3v) is 3.06. The smallest absolute Gasteiger partial charge is 0.271 e. The van der Waals surface area contributed by atoms with Crippen LogP contribution >= 0.6 is 0 Å². The minimum atomic E-state index is -0.212. The first-order valence-corrected chi connectivity index (χ1v) is 6.60. The van der Waals surface area contributed by atoms with Gasteiger partial charge in [-0.3, -0.25) is 4.79 Å². The van der Waals surface area contributed by atoms with Crippen molar-refractivity contribution in [1.82, 2.24) is 15.3 Å². The third kappa shape index (κ3) is 3.32. The van der Waals surface area contributed by atoms with E-state index in [2.05, 4.69) is 20.6 Å². The molecule has 0 fully saturated rings. The molecule has 2 aromatic rings. The van der Waals surface area contributed by atoms with E-state index in [1.54, 1.807) is 13.2 Å². The first-order chi connectivity index (χ1) is 9.74. The van der Waals surface area contributed by atoms with Crippen LogP contribution in [-0.2, 0) is 0 Å². The summed E-state index contributed by atoms with van der Waals surface area (Å²) in [7, 11) is 1.76. The number of carbonyl (C=O) groups excluding carboxylic acids is 1. The van der Waals surface area contributed by atoms with E-state index in [4.69, 9.17) is 0 Å². The molecule has 1 unspecified atom stereocenters. The number of hydrogen-bond donors (Lipinski definition) is 2. The largest absolute Gasteiger partial charge is 0.372 e. The van der Waals surface area contributed by atoms with Gasteiger partial charge in [0.25, 0.3) is 5.91 Å². The summed E-state index contributed by atoms with van der Waals surface area (Å²) in [5, 5.41) is 5.84. The second kappa shape index (κ2) is 6.65. The van der Waals surface area contributed by atoms with Crippen molar-refractivity contribution in [3.8, 4) is 0 Å². The summed E-state index contributed by atoms with van der Waals surface area (Å²) in [6, 6.07) is 9.88. The van der Waals surface area contributed by atoms with Crippen LogP contribution in [0.5, 0.6) is 0 Å². The highest BCUT2D eigenvalue weighted by atomic mass is 16.1. The Morgan fingerprint density at radius 3 is 2.50 bits per heavy atom. The summed E-state index contributed by atoms with van der Waals surface area (Å²) < 4.78 is 0. The van der Waals surface area contributed by atoms with E-state index in [9.17, 15) is 4.79 Å². The summed E-state index contributed by atoms with van der Waals surface area (Å²) in [6.45, 7) is 2.04. The molecule has 0 spiro atoms. The zero-order chi connectivity index (χ0) is 14.4. The first kappa shape index (κ1) is 14.0. The molecule has 2 N–H and O–H groups in total. The predicted molar refractivity (Wildman–Crippen MR) is 78.5 cm³/mol. The van der Waals surface area contributed by atoms with Gasteiger partial charge in [0.05, 0.1) is 18.4 Å². The van der Waals surface area contributed by atoms with Gasteiger partial charge in [0, 0.05) is 7.05 Å². The normalized spacial score (nSPS) is 11.7. The van der Waals surface area contributed by atoms with Crippen LogP contribution < -0.4 is 10.6 Å². The van der Waals surface area contributed by atoms with E-state index in [1.807, 2.05) is 37.3 Å². The van der Waals surface area contributed by atoms with Gasteiger partial charge in [-0.2, -0.15) is 0 Å². The Kier molecular flexibility index (Phi) is 4.65. The van der Waals surface area contributed by atoms with Crippen molar-refractivity contribution in [2.45, 2.75) is 19.4 Å². The number of rotatable bonds is 5. The fourth-order valence-corrected chi connectivity index (χ4v) is 1.91. The molecular formula is C15H18N4O. The molecule has 1 amide bonds. The molecule has 1 heterocycles. The van der Waals surface area contributed by atoms with E-state index >= 15 is 0 Å². The Hall–Kier alpha value is -2.43. The lowest BCUT2D eigenvalue weighted by Gasteiger charge is -2.17. The number of benzene rings is 1. The molecule has 0 saturated heterocycles. The number of anilines is 1. The predicted octanol–water partition coefficient (Wildman–Crippen LogP) is 2.40. The van der Waals surface area contributed by atoms with Crippen LogP contribution in [0.4, 0.5) is 5.82 Å². The fraction of sp³-hybridized carbons (Fsp3) is 0.267. The van der Waals surface area contributed by atoms with E-state index in [0.717, 1.165) is 12.0 Å². The van der Waals surface area contributed by atoms with Crippen LogP contribution in [0.2, 0.25) is 0 Å². The van der Waals surface area contributed by atoms with E-state index in [-0.39, 0.29) is 11.9 Å². The van der Waals surface area contributed by atoms with Crippen LogP contribution in [0.25, 0.3) is 0 Å². The van der Waals surface area contributed by atoms with Crippen LogP contribution in [0.3, 0.4) is 0 Å². The van der Waals surface area contributed by atoms with Crippen LogP contribution in [0, 0.1) is 0 Å². The van der Waals surface area contributed by atoms with Crippen molar-refractivity contribution >= 4 is 11.7 Å². The lowest BCUT2D eigenvalue weighted by molar-refractivity contribution is 0.0930. The van der Waals surface area contributed by atoms with Gasteiger partial charge in [0.2, 0.25) is 0 Å². The first-order valence-electron chi connectivity index (χ1n) is 6.60. The van der Waals surface area contributed by atoms with Crippen molar-refractivity contribution < 1.29 is 4.79 Å². The SMILES string of the molecule is CCC(NC(=O)c1cnc(NC)cn1)c1ccccc1. The summed E-state index contributed by atoms with van der Waals surface area (Å²) in [5.41, 5.74) is 1.40. The standard InChI is InChI=1S/C15H18N4O/c1-3-12(11-7-5-4-6-8-11)19-15(20)13-9-18-14(16-2)10-17-13/h4-10,12H,3H2,1-2H3,(H,16,18)(H,19,20). The molecule has 1 aromatic carbocycles. The van der Waals surface area contributed by atoms with Gasteiger partial charge in [-0.05, 0) is 12.0 Å². The van der Waals surface area contributed by atoms with E-state index in [0.29, 0.717) is 11.5 Å². The Balaban J connectivity index is 2.09. The Labute approximate surface area is 118 Å². The molecule has 0 aliphatic heterocycles. The minimum Gasteiger partial charge on any atom is -0.372 e. The van der Waals surface area contributed by atoms with Crippen molar-refractivity contribution in [3.05, 3.63) is 54.0 Å². The fourth-order valence-electron chi connectivity index (χ4n) is 1.91. The summed E-state index contributed by atoms with van der Waals surface area (Å²) in [5.74, 6) is 0.424. The molecule has 0 bridgehead atoms. The van der Waals surface area contributed by atoms with Gasteiger partial charge < -0.3 is 10.6 Å². The second-order valence-corrected chi connectivity index (χ2v) is 4.38. The second-order valence-electron chi connectivity index (χ2n) is 4.38. The molecule has 1 atom stereocenters. The number of aromatic nitrogens is 2. The highest BCUT2D eigenvalue weighted by Gasteiger charge is 2.15. The van der Waals surface area contributed by atoms with Gasteiger partial charge >= 0.3 is 0 Å². The zero-order valence-electron chi connectivity index (χ0n) is 11.6. The molecule has 0 aliphatic carbocycles. The van der Waals surface area contributed by atoms with Gasteiger partial charge in [0.1, 0.15) is 11.5 Å². The summed E-state index contributed by atoms with van der Waals surface area (Å²) >= 11 is 0. The lowest BCUT2D eigenvalue weighted by Crippen LogP contribution is -2.29. The molecule has 20 heavy (non-hydrogen) atoms. The number of nitrogens with one attached hydrogen (secondary N) is 2. The quantitative estimate of drug-likeness (QED) is 0.875. The molecule has 5 nitrogen and oxygen atoms in total. The average Bonchev–Trinajstić information content (AvgIpc) is 2.53. The molecule has 0 aliphatic rings. The highest BCUT2D eigenvalue weighted by molar-refractivity contribution is 5.92. The molecule has 5 heteroatoms. The van der Waals surface area contributed by atoms with Crippen molar-refractivity contribution in [2.24, 2.45) is 0 Å². The molecule has 0 saturated carbocycles. The van der Waals surface area contributed by atoms with Crippen molar-refractivity contribution in [1.29, 1.82) is 0 Å². The van der Waals surface area contributed by atoms with Gasteiger partial charge in [-0.1, -0.05) is 37.3 Å². The molecule has 1 aromatic heterocycles. The van der Waals surface area contributed by atoms with Crippen LogP contribution in [-0.4, -0.2) is 22.9 Å². The Bertz CT molecular complexity index is 554. The monoisotopic (exact) mass is 270 g/mol. The maximum atomic E-state index is 12.2. The molecule has 104 valence electrons. The van der Waals surface area contributed by atoms with Gasteiger partial charge in [-0.15, -0.1) is 0 Å². The van der Waals surface area contributed by atoms with Crippen molar-refractivity contribution in [3.63, 3.8) is 0 Å². The number of amides is 1. The third-order valence-electron chi connectivity index (χ3n) is 3.06. The van der Waals surface area contributed by atoms with Gasteiger partial charge in [0.15, 0.2) is 0 Å². The molecular weight excluding hydrogens is 252 g/mol. The lowest BCUT2D eigenvalue weighted by atomic mass is 10.0. The van der Waals surface area contributed by atoms with E-state index in [1.165, 1.54) is 6.20 Å². The number of hydrogen-bond acceptors (Lipinski definition) is 4. The number of carbonyl (C=O) groups is 1. The number of nitrogens with zero attached hydrogens (tertiary/aromatic N) is 2. The highest BCUT2D eigenvalue weighted by Crippen LogP contribution is 2.16. The molecule has 0 radical (unpaired) electrons. The Morgan fingerprint density at radius 2 is 1.95 bits per heavy atom. The minimum absolute atomic E-state index is 0.0190. The molecule has 2 rings (SSSR count). The summed E-state index contributed by atoms with van der Waals surface area (Å²) in [4.78, 5) is 20.3. The van der Waals surface area contributed by atoms with Gasteiger partial charge in [-0.25, -0.2) is 9.97 Å². The van der Waals surface area contributed by atoms with Crippen molar-refractivity contribution in [2.75, 3.05) is 12.4 Å². The maximum Gasteiger partial charge on any atom is 0.271 e. The van der Waals surface area contributed by atoms with E-state index < -0.39 is 0 Å². The Morgan fingerprint density at radius 1 is 1.20 bits per heavy atom. The van der Waals surface area contributed by atoms with Crippen LogP contribution in [0.15, 0.2) is 42.7 Å². The van der Waals surface area contributed by atoms with Crippen LogP contribution in [0.1, 0.15) is 35.4 Å². The maximum absolute atomic E-state index is 12.2. The topological polar surface area (TPSA) is 66.9 Å². The average molecular weight is 270 g/mol. The summed E-state index contributed by atoms with van der Waals surface area (Å²) in [6.07, 6.45) is 3.83. The zero-order valence-corrected chi connectivity index (χ0v) is 11.6.